The van der Waals surface area contributed by atoms with Crippen molar-refractivity contribution in [2.45, 2.75) is 31.4 Å². The molecule has 2 aromatic carbocycles. The lowest BCUT2D eigenvalue weighted by atomic mass is 10.1. The van der Waals surface area contributed by atoms with Crippen LogP contribution < -0.4 is 10.6 Å². The van der Waals surface area contributed by atoms with Crippen LogP contribution >= 0.6 is 0 Å². The number of carbonyl (C=O) groups is 1. The van der Waals surface area contributed by atoms with Crippen molar-refractivity contribution in [3.8, 4) is 0 Å². The average Bonchev–Trinajstić information content (AvgIpc) is 2.96. The van der Waals surface area contributed by atoms with Crippen LogP contribution in [0.4, 0.5) is 9.18 Å². The van der Waals surface area contributed by atoms with Crippen LogP contribution in [0.15, 0.2) is 48.5 Å². The molecular formula is C19H21FN2O2. The largest absolute Gasteiger partial charge is 0.391 e. The van der Waals surface area contributed by atoms with E-state index in [-0.39, 0.29) is 24.4 Å². The molecule has 1 aliphatic rings. The van der Waals surface area contributed by atoms with Gasteiger partial charge in [0, 0.05) is 13.0 Å². The zero-order valence-corrected chi connectivity index (χ0v) is 13.3. The third-order valence-electron chi connectivity index (χ3n) is 4.30. The molecule has 3 N–H and O–H groups in total. The maximum absolute atomic E-state index is 13.4. The topological polar surface area (TPSA) is 61.4 Å². The van der Waals surface area contributed by atoms with Gasteiger partial charge in [0.05, 0.1) is 12.1 Å². The van der Waals surface area contributed by atoms with Crippen LogP contribution in [0.25, 0.3) is 0 Å². The Hall–Kier alpha value is -2.40. The van der Waals surface area contributed by atoms with Crippen molar-refractivity contribution in [1.82, 2.24) is 10.6 Å². The van der Waals surface area contributed by atoms with Crippen LogP contribution in [-0.2, 0) is 12.8 Å². The molecule has 2 atom stereocenters. The predicted molar refractivity (Wildman–Crippen MR) is 90.1 cm³/mol. The molecule has 2 aromatic rings. The van der Waals surface area contributed by atoms with E-state index in [1.807, 2.05) is 30.3 Å². The molecule has 0 radical (unpaired) electrons. The second kappa shape index (κ2) is 7.45. The molecule has 0 aromatic heterocycles. The van der Waals surface area contributed by atoms with Gasteiger partial charge in [-0.05, 0) is 41.7 Å². The standard InChI is InChI=1S/C19H21FN2O2/c20-15-8-6-14-7-9-18(17(14)11-15)22-19(24)21-12-16(23)10-13-4-2-1-3-5-13/h1-6,8,11,16,18,23H,7,9-10,12H2,(H2,21,22,24). The summed E-state index contributed by atoms with van der Waals surface area (Å²) in [7, 11) is 0. The second-order valence-electron chi connectivity index (χ2n) is 6.13. The Labute approximate surface area is 140 Å². The summed E-state index contributed by atoms with van der Waals surface area (Å²) in [4.78, 5) is 12.0. The highest BCUT2D eigenvalue weighted by Gasteiger charge is 2.24. The maximum Gasteiger partial charge on any atom is 0.315 e. The van der Waals surface area contributed by atoms with Crippen molar-refractivity contribution >= 4 is 6.03 Å². The van der Waals surface area contributed by atoms with E-state index >= 15 is 0 Å². The van der Waals surface area contributed by atoms with Gasteiger partial charge in [-0.3, -0.25) is 0 Å². The number of hydrogen-bond acceptors (Lipinski definition) is 2. The summed E-state index contributed by atoms with van der Waals surface area (Å²) in [5, 5.41) is 15.5. The Morgan fingerprint density at radius 1 is 1.25 bits per heavy atom. The van der Waals surface area contributed by atoms with E-state index in [2.05, 4.69) is 10.6 Å². The molecule has 24 heavy (non-hydrogen) atoms. The first-order valence-electron chi connectivity index (χ1n) is 8.16. The molecule has 0 aliphatic heterocycles. The van der Waals surface area contributed by atoms with Crippen LogP contribution in [0.5, 0.6) is 0 Å². The van der Waals surface area contributed by atoms with Crippen LogP contribution in [0.1, 0.15) is 29.2 Å². The van der Waals surface area contributed by atoms with Crippen molar-refractivity contribution in [2.75, 3.05) is 6.54 Å². The highest BCUT2D eigenvalue weighted by Crippen LogP contribution is 2.31. The molecule has 4 nitrogen and oxygen atoms in total. The lowest BCUT2D eigenvalue weighted by Gasteiger charge is -2.17. The monoisotopic (exact) mass is 328 g/mol. The van der Waals surface area contributed by atoms with Crippen molar-refractivity contribution in [3.63, 3.8) is 0 Å². The number of aryl methyl sites for hydroxylation is 1. The number of fused-ring (bicyclic) bond motifs is 1. The minimum absolute atomic E-state index is 0.170. The fourth-order valence-corrected chi connectivity index (χ4v) is 3.10. The summed E-state index contributed by atoms with van der Waals surface area (Å²) < 4.78 is 13.4. The lowest BCUT2D eigenvalue weighted by molar-refractivity contribution is 0.170. The minimum Gasteiger partial charge on any atom is -0.391 e. The molecule has 2 unspecified atom stereocenters. The Morgan fingerprint density at radius 2 is 2.04 bits per heavy atom. The smallest absolute Gasteiger partial charge is 0.315 e. The van der Waals surface area contributed by atoms with Gasteiger partial charge in [0.25, 0.3) is 0 Å². The molecule has 0 saturated heterocycles. The molecule has 2 amide bonds. The van der Waals surface area contributed by atoms with Gasteiger partial charge in [-0.1, -0.05) is 36.4 Å². The summed E-state index contributed by atoms with van der Waals surface area (Å²) in [6.45, 7) is 0.170. The Morgan fingerprint density at radius 3 is 2.83 bits per heavy atom. The Kier molecular flexibility index (Phi) is 5.11. The van der Waals surface area contributed by atoms with Gasteiger partial charge in [-0.15, -0.1) is 0 Å². The van der Waals surface area contributed by atoms with E-state index in [9.17, 15) is 14.3 Å². The number of nitrogens with one attached hydrogen (secondary N) is 2. The quantitative estimate of drug-likeness (QED) is 0.790. The molecule has 3 rings (SSSR count). The second-order valence-corrected chi connectivity index (χ2v) is 6.13. The molecule has 0 heterocycles. The van der Waals surface area contributed by atoms with Gasteiger partial charge in [-0.2, -0.15) is 0 Å². The zero-order valence-electron chi connectivity index (χ0n) is 13.3. The lowest BCUT2D eigenvalue weighted by Crippen LogP contribution is -2.41. The van der Waals surface area contributed by atoms with Crippen molar-refractivity contribution in [2.24, 2.45) is 0 Å². The molecule has 1 aliphatic carbocycles. The first kappa shape index (κ1) is 16.5. The zero-order chi connectivity index (χ0) is 16.9. The van der Waals surface area contributed by atoms with E-state index in [4.69, 9.17) is 0 Å². The van der Waals surface area contributed by atoms with Gasteiger partial charge in [0.1, 0.15) is 5.82 Å². The number of carbonyl (C=O) groups excluding carboxylic acids is 1. The fraction of sp³-hybridized carbons (Fsp3) is 0.316. The van der Waals surface area contributed by atoms with Crippen LogP contribution in [0.3, 0.4) is 0 Å². The number of hydrogen-bond donors (Lipinski definition) is 3. The maximum atomic E-state index is 13.4. The van der Waals surface area contributed by atoms with E-state index in [1.165, 1.54) is 12.1 Å². The van der Waals surface area contributed by atoms with Crippen LogP contribution in [0, 0.1) is 5.82 Å². The number of amides is 2. The first-order chi connectivity index (χ1) is 11.6. The number of benzene rings is 2. The van der Waals surface area contributed by atoms with Crippen LogP contribution in [0.2, 0.25) is 0 Å². The highest BCUT2D eigenvalue weighted by molar-refractivity contribution is 5.74. The van der Waals surface area contributed by atoms with E-state index in [0.29, 0.717) is 6.42 Å². The molecule has 0 spiro atoms. The number of aliphatic hydroxyl groups excluding tert-OH is 1. The molecule has 0 fully saturated rings. The summed E-state index contributed by atoms with van der Waals surface area (Å²) in [6.07, 6.45) is 1.43. The minimum atomic E-state index is -0.647. The SMILES string of the molecule is O=C(NCC(O)Cc1ccccc1)NC1CCc2ccc(F)cc21. The molecule has 0 saturated carbocycles. The fourth-order valence-electron chi connectivity index (χ4n) is 3.10. The third-order valence-corrected chi connectivity index (χ3v) is 4.30. The number of urea groups is 1. The summed E-state index contributed by atoms with van der Waals surface area (Å²) >= 11 is 0. The molecule has 0 bridgehead atoms. The van der Waals surface area contributed by atoms with Crippen molar-refractivity contribution < 1.29 is 14.3 Å². The van der Waals surface area contributed by atoms with Gasteiger partial charge < -0.3 is 15.7 Å². The molecular weight excluding hydrogens is 307 g/mol. The van der Waals surface area contributed by atoms with Crippen molar-refractivity contribution in [3.05, 3.63) is 71.0 Å². The summed E-state index contributed by atoms with van der Waals surface area (Å²) in [5.74, 6) is -0.291. The third kappa shape index (κ3) is 4.11. The molecule has 5 heteroatoms. The number of rotatable bonds is 5. The van der Waals surface area contributed by atoms with Gasteiger partial charge >= 0.3 is 6.03 Å². The van der Waals surface area contributed by atoms with Gasteiger partial charge in [-0.25, -0.2) is 9.18 Å². The predicted octanol–water partition coefficient (Wildman–Crippen LogP) is 2.72. The van der Waals surface area contributed by atoms with E-state index in [0.717, 1.165) is 29.5 Å². The summed E-state index contributed by atoms with van der Waals surface area (Å²) in [6, 6.07) is 13.8. The Bertz CT molecular complexity index is 706. The molecule has 126 valence electrons. The van der Waals surface area contributed by atoms with E-state index in [1.54, 1.807) is 6.07 Å². The summed E-state index contributed by atoms with van der Waals surface area (Å²) in [5.41, 5.74) is 2.94. The van der Waals surface area contributed by atoms with Gasteiger partial charge in [0.2, 0.25) is 0 Å². The highest BCUT2D eigenvalue weighted by atomic mass is 19.1. The van der Waals surface area contributed by atoms with E-state index < -0.39 is 6.10 Å². The Balaban J connectivity index is 1.48. The first-order valence-corrected chi connectivity index (χ1v) is 8.16. The van der Waals surface area contributed by atoms with Gasteiger partial charge in [0.15, 0.2) is 0 Å². The van der Waals surface area contributed by atoms with Crippen LogP contribution in [-0.4, -0.2) is 23.8 Å². The number of aliphatic hydroxyl groups is 1. The van der Waals surface area contributed by atoms with Crippen molar-refractivity contribution in [1.29, 1.82) is 0 Å². The number of halogens is 1. The normalized spacial score (nSPS) is 17.2. The average molecular weight is 328 g/mol.